The summed E-state index contributed by atoms with van der Waals surface area (Å²) >= 11 is 5.83. The molecule has 1 aromatic heterocycles. The Kier molecular flexibility index (Phi) is 1.77. The molecule has 1 aromatic rings. The summed E-state index contributed by atoms with van der Waals surface area (Å²) in [6, 6.07) is 1.96. The van der Waals surface area contributed by atoms with E-state index in [1.165, 1.54) is 11.3 Å². The lowest BCUT2D eigenvalue weighted by molar-refractivity contribution is 0.516. The fraction of sp³-hybridized carbons (Fsp3) is 0.500. The number of hydrogen-bond acceptors (Lipinski definition) is 2. The van der Waals surface area contributed by atoms with E-state index in [1.807, 2.05) is 12.3 Å². The van der Waals surface area contributed by atoms with Crippen LogP contribution >= 0.6 is 11.6 Å². The minimum atomic E-state index is 0.189. The standard InChI is InChI=1S/C10H13ClN2/c1-10(2)5-7-4-9(11)12-6-8(7)13(10)3/h4,6H,5H2,1-3H3. The summed E-state index contributed by atoms with van der Waals surface area (Å²) in [7, 11) is 2.10. The van der Waals surface area contributed by atoms with Crippen molar-refractivity contribution in [1.29, 1.82) is 0 Å². The molecule has 0 aliphatic carbocycles. The Morgan fingerprint density at radius 2 is 2.23 bits per heavy atom. The van der Waals surface area contributed by atoms with Crippen LogP contribution in [0.5, 0.6) is 0 Å². The maximum absolute atomic E-state index is 5.83. The second-order valence-corrected chi connectivity index (χ2v) is 4.57. The van der Waals surface area contributed by atoms with Gasteiger partial charge < -0.3 is 4.90 Å². The van der Waals surface area contributed by atoms with Crippen molar-refractivity contribution < 1.29 is 0 Å². The number of anilines is 1. The molecule has 0 aromatic carbocycles. The third kappa shape index (κ3) is 1.29. The van der Waals surface area contributed by atoms with Crippen molar-refractivity contribution in [2.24, 2.45) is 0 Å². The number of aromatic nitrogens is 1. The molecule has 13 heavy (non-hydrogen) atoms. The third-order valence-corrected chi connectivity index (χ3v) is 3.03. The van der Waals surface area contributed by atoms with Crippen molar-refractivity contribution in [1.82, 2.24) is 4.98 Å². The van der Waals surface area contributed by atoms with Crippen LogP contribution in [0.1, 0.15) is 19.4 Å². The molecule has 0 N–H and O–H groups in total. The summed E-state index contributed by atoms with van der Waals surface area (Å²) in [5.74, 6) is 0. The van der Waals surface area contributed by atoms with Gasteiger partial charge in [0.25, 0.3) is 0 Å². The number of hydrogen-bond donors (Lipinski definition) is 0. The van der Waals surface area contributed by atoms with Gasteiger partial charge in [-0.3, -0.25) is 0 Å². The van der Waals surface area contributed by atoms with E-state index in [1.54, 1.807) is 0 Å². The first-order valence-corrected chi connectivity index (χ1v) is 4.77. The van der Waals surface area contributed by atoms with Gasteiger partial charge in [-0.25, -0.2) is 4.98 Å². The molecule has 2 nitrogen and oxygen atoms in total. The first-order chi connectivity index (χ1) is 6.00. The number of nitrogens with zero attached hydrogens (tertiary/aromatic N) is 2. The number of rotatable bonds is 0. The number of pyridine rings is 1. The summed E-state index contributed by atoms with van der Waals surface area (Å²) in [6.45, 7) is 4.45. The SMILES string of the molecule is CN1c2cnc(Cl)cc2CC1(C)C. The van der Waals surface area contributed by atoms with Gasteiger partial charge in [-0.1, -0.05) is 11.6 Å². The first-order valence-electron chi connectivity index (χ1n) is 4.39. The third-order valence-electron chi connectivity index (χ3n) is 2.82. The predicted molar refractivity (Wildman–Crippen MR) is 55.4 cm³/mol. The van der Waals surface area contributed by atoms with Gasteiger partial charge in [0.15, 0.2) is 0 Å². The largest absolute Gasteiger partial charge is 0.368 e. The van der Waals surface area contributed by atoms with E-state index in [0.29, 0.717) is 5.15 Å². The van der Waals surface area contributed by atoms with Crippen molar-refractivity contribution in [3.8, 4) is 0 Å². The Bertz CT molecular complexity index is 347. The van der Waals surface area contributed by atoms with Gasteiger partial charge in [0.05, 0.1) is 11.9 Å². The topological polar surface area (TPSA) is 16.1 Å². The van der Waals surface area contributed by atoms with Crippen molar-refractivity contribution >= 4 is 17.3 Å². The zero-order chi connectivity index (χ0) is 9.64. The Labute approximate surface area is 83.5 Å². The van der Waals surface area contributed by atoms with Crippen LogP contribution in [0.3, 0.4) is 0 Å². The van der Waals surface area contributed by atoms with E-state index in [4.69, 9.17) is 11.6 Å². The fourth-order valence-corrected chi connectivity index (χ4v) is 2.00. The quantitative estimate of drug-likeness (QED) is 0.593. The van der Waals surface area contributed by atoms with E-state index in [-0.39, 0.29) is 5.54 Å². The van der Waals surface area contributed by atoms with Crippen LogP contribution in [-0.2, 0) is 6.42 Å². The highest BCUT2D eigenvalue weighted by atomic mass is 35.5. The highest BCUT2D eigenvalue weighted by molar-refractivity contribution is 6.29. The second kappa shape index (κ2) is 2.61. The Hall–Kier alpha value is -0.760. The average Bonchev–Trinajstić information content (AvgIpc) is 2.22. The van der Waals surface area contributed by atoms with Crippen molar-refractivity contribution in [3.63, 3.8) is 0 Å². The number of halogens is 1. The summed E-state index contributed by atoms with van der Waals surface area (Å²) in [6.07, 6.45) is 2.90. The second-order valence-electron chi connectivity index (χ2n) is 4.18. The van der Waals surface area contributed by atoms with Crippen LogP contribution in [0.25, 0.3) is 0 Å². The molecule has 0 amide bonds. The predicted octanol–water partition coefficient (Wildman–Crippen LogP) is 2.51. The van der Waals surface area contributed by atoms with Crippen LogP contribution in [0.15, 0.2) is 12.3 Å². The van der Waals surface area contributed by atoms with Crippen molar-refractivity contribution in [2.75, 3.05) is 11.9 Å². The van der Waals surface area contributed by atoms with Crippen LogP contribution < -0.4 is 4.90 Å². The van der Waals surface area contributed by atoms with E-state index in [2.05, 4.69) is 30.8 Å². The molecule has 0 radical (unpaired) electrons. The normalized spacial score (nSPS) is 18.9. The zero-order valence-corrected chi connectivity index (χ0v) is 8.89. The fourth-order valence-electron chi connectivity index (χ4n) is 1.82. The molecular weight excluding hydrogens is 184 g/mol. The Morgan fingerprint density at radius 1 is 1.54 bits per heavy atom. The summed E-state index contributed by atoms with van der Waals surface area (Å²) in [5.41, 5.74) is 2.69. The molecule has 70 valence electrons. The average molecular weight is 197 g/mol. The lowest BCUT2D eigenvalue weighted by Crippen LogP contribution is -2.37. The van der Waals surface area contributed by atoms with Gasteiger partial charge >= 0.3 is 0 Å². The molecule has 3 heteroatoms. The Balaban J connectivity index is 2.50. The van der Waals surface area contributed by atoms with Crippen LogP contribution in [0.2, 0.25) is 5.15 Å². The van der Waals surface area contributed by atoms with E-state index in [0.717, 1.165) is 6.42 Å². The van der Waals surface area contributed by atoms with Gasteiger partial charge in [0.1, 0.15) is 5.15 Å². The zero-order valence-electron chi connectivity index (χ0n) is 8.13. The van der Waals surface area contributed by atoms with Crippen molar-refractivity contribution in [2.45, 2.75) is 25.8 Å². The smallest absolute Gasteiger partial charge is 0.129 e. The van der Waals surface area contributed by atoms with Gasteiger partial charge in [-0.2, -0.15) is 0 Å². The van der Waals surface area contributed by atoms with E-state index in [9.17, 15) is 0 Å². The van der Waals surface area contributed by atoms with Crippen LogP contribution in [0, 0.1) is 0 Å². The van der Waals surface area contributed by atoms with Crippen LogP contribution in [0.4, 0.5) is 5.69 Å². The number of fused-ring (bicyclic) bond motifs is 1. The Morgan fingerprint density at radius 3 is 2.92 bits per heavy atom. The van der Waals surface area contributed by atoms with Gasteiger partial charge in [0, 0.05) is 12.6 Å². The molecule has 1 aliphatic rings. The molecule has 1 aliphatic heterocycles. The summed E-state index contributed by atoms with van der Waals surface area (Å²) in [4.78, 5) is 6.35. The van der Waals surface area contributed by atoms with Gasteiger partial charge in [-0.15, -0.1) is 0 Å². The molecule has 0 spiro atoms. The van der Waals surface area contributed by atoms with E-state index < -0.39 is 0 Å². The maximum atomic E-state index is 5.83. The monoisotopic (exact) mass is 196 g/mol. The minimum Gasteiger partial charge on any atom is -0.368 e. The molecule has 0 unspecified atom stereocenters. The maximum Gasteiger partial charge on any atom is 0.129 e. The molecular formula is C10H13ClN2. The molecule has 2 heterocycles. The molecule has 0 saturated heterocycles. The summed E-state index contributed by atoms with van der Waals surface area (Å²) < 4.78 is 0. The highest BCUT2D eigenvalue weighted by Crippen LogP contribution is 2.37. The highest BCUT2D eigenvalue weighted by Gasteiger charge is 2.33. The minimum absolute atomic E-state index is 0.189. The number of likely N-dealkylation sites (N-methyl/N-ethyl adjacent to an activating group) is 1. The van der Waals surface area contributed by atoms with Gasteiger partial charge in [-0.05, 0) is 31.9 Å². The lowest BCUT2D eigenvalue weighted by Gasteiger charge is -2.29. The summed E-state index contributed by atoms with van der Waals surface area (Å²) in [5, 5.41) is 0.588. The lowest BCUT2D eigenvalue weighted by atomic mass is 10.0. The molecule has 0 bridgehead atoms. The van der Waals surface area contributed by atoms with Crippen LogP contribution in [-0.4, -0.2) is 17.6 Å². The van der Waals surface area contributed by atoms with Gasteiger partial charge in [0.2, 0.25) is 0 Å². The molecule has 2 rings (SSSR count). The first kappa shape index (κ1) is 8.82. The molecule has 0 fully saturated rings. The van der Waals surface area contributed by atoms with E-state index >= 15 is 0 Å². The molecule has 0 atom stereocenters. The molecule has 0 saturated carbocycles. The van der Waals surface area contributed by atoms with Crippen molar-refractivity contribution in [3.05, 3.63) is 23.0 Å².